The van der Waals surface area contributed by atoms with Gasteiger partial charge in [0.1, 0.15) is 0 Å². The van der Waals surface area contributed by atoms with Crippen LogP contribution in [0.4, 0.5) is 0 Å². The zero-order valence-corrected chi connectivity index (χ0v) is 42.8. The number of nitrogens with one attached hydrogen (secondary N) is 1. The van der Waals surface area contributed by atoms with E-state index in [1.165, 1.54) is 83.6 Å². The van der Waals surface area contributed by atoms with Gasteiger partial charge in [-0.3, -0.25) is 4.90 Å². The van der Waals surface area contributed by atoms with Crippen LogP contribution in [0.5, 0.6) is 0 Å². The molecular weight excluding hydrogens is 785 g/mol. The van der Waals surface area contributed by atoms with Gasteiger partial charge in [0.15, 0.2) is 0 Å². The molecule has 12 fully saturated rings. The molecular formula is C63H106N2. The van der Waals surface area contributed by atoms with Crippen molar-refractivity contribution in [3.8, 4) is 0 Å². The number of nitrogens with zero attached hydrogens (tertiary/aromatic N) is 1. The van der Waals surface area contributed by atoms with E-state index in [0.29, 0.717) is 6.17 Å². The molecule has 12 aliphatic rings. The lowest BCUT2D eigenvalue weighted by atomic mass is 9.39. The summed E-state index contributed by atoms with van der Waals surface area (Å²) in [6, 6.07) is 1.75. The quantitative estimate of drug-likeness (QED) is 0.261. The Morgan fingerprint density at radius 2 is 0.492 bits per heavy atom. The van der Waals surface area contributed by atoms with Gasteiger partial charge < -0.3 is 5.32 Å². The van der Waals surface area contributed by atoms with Crippen molar-refractivity contribution in [1.29, 1.82) is 0 Å². The van der Waals surface area contributed by atoms with Crippen molar-refractivity contribution in [2.24, 2.45) is 107 Å². The molecule has 10 unspecified atom stereocenters. The summed E-state index contributed by atoms with van der Waals surface area (Å²) in [5.74, 6) is 19.6. The summed E-state index contributed by atoms with van der Waals surface area (Å²) >= 11 is 0. The lowest BCUT2D eigenvalue weighted by molar-refractivity contribution is -0.174. The van der Waals surface area contributed by atoms with Crippen molar-refractivity contribution in [1.82, 2.24) is 10.2 Å². The maximum Gasteiger partial charge on any atom is 0.0602 e. The van der Waals surface area contributed by atoms with Gasteiger partial charge in [0, 0.05) is 12.1 Å². The van der Waals surface area contributed by atoms with Crippen LogP contribution in [0.25, 0.3) is 0 Å². The largest absolute Gasteiger partial charge is 0.301 e. The van der Waals surface area contributed by atoms with Crippen LogP contribution in [0.1, 0.15) is 263 Å². The molecule has 0 spiro atoms. The summed E-state index contributed by atoms with van der Waals surface area (Å²) in [6.45, 7) is 1.37. The highest BCUT2D eigenvalue weighted by Gasteiger charge is 2.61. The zero-order chi connectivity index (χ0) is 43.1. The van der Waals surface area contributed by atoms with Crippen molar-refractivity contribution < 1.29 is 0 Å². The average molecular weight is 892 g/mol. The van der Waals surface area contributed by atoms with Crippen molar-refractivity contribution in [2.75, 3.05) is 6.54 Å². The second kappa shape index (κ2) is 21.3. The number of rotatable bonds is 8. The van der Waals surface area contributed by atoms with Gasteiger partial charge >= 0.3 is 0 Å². The fraction of sp³-hybridized carbons (Fsp3) is 1.00. The molecule has 2 nitrogen and oxygen atoms in total. The minimum absolute atomic E-state index is 0.681. The highest BCUT2D eigenvalue weighted by atomic mass is 15.3. The van der Waals surface area contributed by atoms with E-state index in [0.717, 1.165) is 119 Å². The molecule has 1 saturated heterocycles. The number of hydrogen-bond acceptors (Lipinski definition) is 2. The standard InChI is InChI=1S/C63H106N2/c1-4-18-43(19-5-1)44-32-34-45(35-33-44)46-36-38-47(39-37-46)60-51-24-10-14-28-55(51)62(56-29-15-11-25-52(56)60)63-57-30-16-12-26-53(57)61(54-27-13-17-31-58(54)63)48-40-41-59(64-42-48)65(49-20-6-2-7-21-49)50-22-8-3-9-23-50/h43-64H,1-42H2. The Kier molecular flexibility index (Phi) is 15.1. The lowest BCUT2D eigenvalue weighted by Crippen LogP contribution is -2.62. The molecule has 65 heavy (non-hydrogen) atoms. The van der Waals surface area contributed by atoms with Crippen LogP contribution >= 0.6 is 0 Å². The van der Waals surface area contributed by atoms with Gasteiger partial charge in [-0.1, -0.05) is 122 Å². The Hall–Kier alpha value is -0.0800. The zero-order valence-electron chi connectivity index (χ0n) is 42.8. The smallest absolute Gasteiger partial charge is 0.0602 e. The fourth-order valence-electron chi connectivity index (χ4n) is 23.1. The normalized spacial score (nSPS) is 48.7. The van der Waals surface area contributed by atoms with Crippen LogP contribution in [-0.2, 0) is 0 Å². The van der Waals surface area contributed by atoms with Crippen LogP contribution in [-0.4, -0.2) is 29.7 Å². The molecule has 1 aliphatic heterocycles. The highest BCUT2D eigenvalue weighted by Crippen LogP contribution is 2.68. The number of piperidine rings is 1. The molecule has 11 saturated carbocycles. The summed E-state index contributed by atoms with van der Waals surface area (Å²) < 4.78 is 0. The van der Waals surface area contributed by atoms with E-state index in [1.807, 2.05) is 0 Å². The van der Waals surface area contributed by atoms with Crippen molar-refractivity contribution >= 4 is 0 Å². The summed E-state index contributed by atoms with van der Waals surface area (Å²) in [6.07, 6.45) is 65.1. The van der Waals surface area contributed by atoms with Gasteiger partial charge in [0.2, 0.25) is 0 Å². The van der Waals surface area contributed by atoms with E-state index >= 15 is 0 Å². The maximum atomic E-state index is 4.50. The monoisotopic (exact) mass is 891 g/mol. The number of fused-ring (bicyclic) bond motifs is 4. The Balaban J connectivity index is 0.759. The van der Waals surface area contributed by atoms with Crippen LogP contribution in [0.15, 0.2) is 0 Å². The molecule has 2 heteroatoms. The molecule has 0 aromatic rings. The predicted molar refractivity (Wildman–Crippen MR) is 273 cm³/mol. The molecule has 12 rings (SSSR count). The summed E-state index contributed by atoms with van der Waals surface area (Å²) in [4.78, 5) is 3.18. The molecule has 0 radical (unpaired) electrons. The molecule has 0 amide bonds. The molecule has 0 aromatic carbocycles. The first-order valence-corrected chi connectivity index (χ1v) is 31.8. The Bertz CT molecular complexity index is 1380. The van der Waals surface area contributed by atoms with Gasteiger partial charge in [-0.15, -0.1) is 0 Å². The lowest BCUT2D eigenvalue weighted by Gasteiger charge is -2.66. The Labute approximate surface area is 403 Å². The molecule has 368 valence electrons. The average Bonchev–Trinajstić information content (AvgIpc) is 3.39. The molecule has 11 aliphatic carbocycles. The minimum Gasteiger partial charge on any atom is -0.301 e. The third-order valence-corrected chi connectivity index (χ3v) is 25.4. The second-order valence-corrected chi connectivity index (χ2v) is 27.8. The predicted octanol–water partition coefficient (Wildman–Crippen LogP) is 17.2. The topological polar surface area (TPSA) is 15.3 Å². The minimum atomic E-state index is 0.681. The van der Waals surface area contributed by atoms with Gasteiger partial charge in [-0.25, -0.2) is 0 Å². The molecule has 1 heterocycles. The Morgan fingerprint density at radius 3 is 0.846 bits per heavy atom. The van der Waals surface area contributed by atoms with E-state index in [9.17, 15) is 0 Å². The first-order chi connectivity index (χ1) is 32.3. The molecule has 10 atom stereocenters. The molecule has 0 aromatic heterocycles. The summed E-state index contributed by atoms with van der Waals surface area (Å²) in [5, 5.41) is 4.50. The SMILES string of the molecule is C1CCC(C2CCC(C3CCC(C4C5CCCCC5C(C5C6CCCCC6C(C6CCC(N(C7CCCCC7)C7CCCCC7)NC6)C6CCCCC65)C5CCCCC54)CC3)CC2)CC1. The van der Waals surface area contributed by atoms with Gasteiger partial charge in [-0.2, -0.15) is 0 Å². The van der Waals surface area contributed by atoms with Crippen LogP contribution in [0, 0.1) is 107 Å². The summed E-state index contributed by atoms with van der Waals surface area (Å²) in [5.41, 5.74) is 0. The van der Waals surface area contributed by atoms with Crippen LogP contribution in [0.3, 0.4) is 0 Å². The third-order valence-electron chi connectivity index (χ3n) is 25.4. The van der Waals surface area contributed by atoms with Crippen LogP contribution in [0.2, 0.25) is 0 Å². The van der Waals surface area contributed by atoms with E-state index in [-0.39, 0.29) is 0 Å². The number of hydrogen-bond donors (Lipinski definition) is 1. The van der Waals surface area contributed by atoms with E-state index in [2.05, 4.69) is 10.2 Å². The van der Waals surface area contributed by atoms with Crippen molar-refractivity contribution in [3.05, 3.63) is 0 Å². The maximum absolute atomic E-state index is 4.50. The first kappa shape index (κ1) is 46.0. The van der Waals surface area contributed by atoms with E-state index in [4.69, 9.17) is 0 Å². The summed E-state index contributed by atoms with van der Waals surface area (Å²) in [7, 11) is 0. The third kappa shape index (κ3) is 9.35. The van der Waals surface area contributed by atoms with E-state index < -0.39 is 0 Å². The molecule has 0 bridgehead atoms. The van der Waals surface area contributed by atoms with Gasteiger partial charge in [-0.05, 0) is 254 Å². The fourth-order valence-corrected chi connectivity index (χ4v) is 23.1. The first-order valence-electron chi connectivity index (χ1n) is 31.8. The van der Waals surface area contributed by atoms with Crippen molar-refractivity contribution in [3.63, 3.8) is 0 Å². The highest BCUT2D eigenvalue weighted by molar-refractivity contribution is 5.10. The van der Waals surface area contributed by atoms with Crippen molar-refractivity contribution in [2.45, 2.75) is 282 Å². The Morgan fingerprint density at radius 1 is 0.215 bits per heavy atom. The second-order valence-electron chi connectivity index (χ2n) is 27.8. The van der Waals surface area contributed by atoms with E-state index in [1.54, 1.807) is 186 Å². The van der Waals surface area contributed by atoms with Gasteiger partial charge in [0.05, 0.1) is 6.17 Å². The van der Waals surface area contributed by atoms with Crippen LogP contribution < -0.4 is 5.32 Å². The van der Waals surface area contributed by atoms with Gasteiger partial charge in [0.25, 0.3) is 0 Å². The molecule has 1 N–H and O–H groups in total.